The molecule has 0 aliphatic heterocycles. The van der Waals surface area contributed by atoms with E-state index in [1.165, 1.54) is 5.56 Å². The molecule has 4 aromatic carbocycles. The first-order chi connectivity index (χ1) is 17.0. The lowest BCUT2D eigenvalue weighted by Gasteiger charge is -2.12. The van der Waals surface area contributed by atoms with E-state index in [4.69, 9.17) is 16.1 Å². The summed E-state index contributed by atoms with van der Waals surface area (Å²) in [4.78, 5) is 22.9. The SMILES string of the molecule is C#CCOc1ccc2nc(C(=O)c3ccc4ccccc4c3)nc(-c3ccc(C(C)C)cc3)c2c1. The van der Waals surface area contributed by atoms with E-state index in [0.29, 0.717) is 28.4 Å². The van der Waals surface area contributed by atoms with Crippen LogP contribution in [0.25, 0.3) is 32.9 Å². The zero-order valence-electron chi connectivity index (χ0n) is 19.7. The molecule has 1 aromatic heterocycles. The summed E-state index contributed by atoms with van der Waals surface area (Å²) < 4.78 is 5.63. The minimum Gasteiger partial charge on any atom is -0.481 e. The molecule has 0 saturated heterocycles. The van der Waals surface area contributed by atoms with Crippen molar-refractivity contribution in [2.75, 3.05) is 6.61 Å². The number of terminal acetylenes is 1. The second-order valence-electron chi connectivity index (χ2n) is 8.74. The number of rotatable bonds is 6. The number of carbonyl (C=O) groups is 1. The van der Waals surface area contributed by atoms with Crippen molar-refractivity contribution in [1.82, 2.24) is 9.97 Å². The zero-order valence-corrected chi connectivity index (χ0v) is 19.7. The van der Waals surface area contributed by atoms with Crippen LogP contribution in [0.1, 0.15) is 41.5 Å². The molecule has 0 saturated carbocycles. The number of fused-ring (bicyclic) bond motifs is 2. The van der Waals surface area contributed by atoms with Crippen molar-refractivity contribution in [1.29, 1.82) is 0 Å². The Morgan fingerprint density at radius 3 is 2.43 bits per heavy atom. The summed E-state index contributed by atoms with van der Waals surface area (Å²) in [6.07, 6.45) is 5.35. The van der Waals surface area contributed by atoms with Gasteiger partial charge in [0.25, 0.3) is 0 Å². The van der Waals surface area contributed by atoms with E-state index in [0.717, 1.165) is 21.7 Å². The van der Waals surface area contributed by atoms with Gasteiger partial charge < -0.3 is 4.74 Å². The molecule has 0 radical (unpaired) electrons. The number of hydrogen-bond donors (Lipinski definition) is 0. The highest BCUT2D eigenvalue weighted by atomic mass is 16.5. The maximum absolute atomic E-state index is 13.5. The second-order valence-corrected chi connectivity index (χ2v) is 8.74. The molecule has 0 spiro atoms. The first kappa shape index (κ1) is 22.3. The molecule has 4 nitrogen and oxygen atoms in total. The summed E-state index contributed by atoms with van der Waals surface area (Å²) in [5, 5.41) is 2.87. The van der Waals surface area contributed by atoms with E-state index < -0.39 is 0 Å². The molecule has 0 unspecified atom stereocenters. The van der Waals surface area contributed by atoms with Gasteiger partial charge in [0, 0.05) is 16.5 Å². The lowest BCUT2D eigenvalue weighted by Crippen LogP contribution is -2.09. The second kappa shape index (κ2) is 9.40. The van der Waals surface area contributed by atoms with Crippen LogP contribution in [0.15, 0.2) is 84.9 Å². The summed E-state index contributed by atoms with van der Waals surface area (Å²) >= 11 is 0. The molecule has 1 heterocycles. The minimum atomic E-state index is -0.217. The Bertz CT molecular complexity index is 1600. The van der Waals surface area contributed by atoms with Gasteiger partial charge in [-0.2, -0.15) is 0 Å². The molecule has 0 fully saturated rings. The predicted octanol–water partition coefficient (Wildman–Crippen LogP) is 6.82. The van der Waals surface area contributed by atoms with Gasteiger partial charge in [0.1, 0.15) is 12.4 Å². The number of ether oxygens (including phenoxy) is 1. The van der Waals surface area contributed by atoms with Gasteiger partial charge in [0.2, 0.25) is 11.6 Å². The number of nitrogens with zero attached hydrogens (tertiary/aromatic N) is 2. The molecular formula is C31H24N2O2. The number of ketones is 1. The van der Waals surface area contributed by atoms with Crippen molar-refractivity contribution < 1.29 is 9.53 Å². The topological polar surface area (TPSA) is 52.1 Å². The highest BCUT2D eigenvalue weighted by Crippen LogP contribution is 2.31. The number of benzene rings is 4. The van der Waals surface area contributed by atoms with E-state index in [9.17, 15) is 4.79 Å². The van der Waals surface area contributed by atoms with Crippen molar-refractivity contribution in [3.63, 3.8) is 0 Å². The number of aromatic nitrogens is 2. The molecule has 0 aliphatic rings. The third-order valence-electron chi connectivity index (χ3n) is 6.05. The lowest BCUT2D eigenvalue weighted by atomic mass is 9.99. The van der Waals surface area contributed by atoms with E-state index in [2.05, 4.69) is 36.9 Å². The van der Waals surface area contributed by atoms with Crippen molar-refractivity contribution in [3.05, 3.63) is 102 Å². The first-order valence-corrected chi connectivity index (χ1v) is 11.6. The fourth-order valence-corrected chi connectivity index (χ4v) is 4.13. The third-order valence-corrected chi connectivity index (χ3v) is 6.05. The van der Waals surface area contributed by atoms with Crippen LogP contribution >= 0.6 is 0 Å². The molecule has 4 heteroatoms. The molecule has 0 N–H and O–H groups in total. The average molecular weight is 457 g/mol. The van der Waals surface area contributed by atoms with E-state index >= 15 is 0 Å². The standard InChI is InChI=1S/C31H24N2O2/c1-4-17-35-26-15-16-28-27(19-26)29(23-12-9-21(10-13-23)20(2)3)33-31(32-28)30(34)25-14-11-22-7-5-6-8-24(22)18-25/h1,5-16,18-20H,17H2,2-3H3. The summed E-state index contributed by atoms with van der Waals surface area (Å²) in [5.74, 6) is 3.48. The van der Waals surface area contributed by atoms with Gasteiger partial charge in [-0.25, -0.2) is 9.97 Å². The molecule has 0 atom stereocenters. The monoisotopic (exact) mass is 456 g/mol. The van der Waals surface area contributed by atoms with E-state index in [-0.39, 0.29) is 18.2 Å². The highest BCUT2D eigenvalue weighted by molar-refractivity contribution is 6.10. The summed E-state index contributed by atoms with van der Waals surface area (Å²) in [6, 6.07) is 27.4. The van der Waals surface area contributed by atoms with Crippen LogP contribution < -0.4 is 4.74 Å². The smallest absolute Gasteiger partial charge is 0.230 e. The quantitative estimate of drug-likeness (QED) is 0.208. The molecule has 5 aromatic rings. The predicted molar refractivity (Wildman–Crippen MR) is 141 cm³/mol. The van der Waals surface area contributed by atoms with Gasteiger partial charge >= 0.3 is 0 Å². The Balaban J connectivity index is 1.65. The van der Waals surface area contributed by atoms with Gasteiger partial charge in [-0.05, 0) is 46.5 Å². The molecule has 170 valence electrons. The van der Waals surface area contributed by atoms with Gasteiger partial charge in [-0.15, -0.1) is 6.42 Å². The van der Waals surface area contributed by atoms with Crippen LogP contribution in [0.2, 0.25) is 0 Å². The van der Waals surface area contributed by atoms with E-state index in [1.54, 1.807) is 0 Å². The fraction of sp³-hybridized carbons (Fsp3) is 0.129. The Labute approximate surface area is 204 Å². The van der Waals surface area contributed by atoms with Crippen LogP contribution in [0.5, 0.6) is 5.75 Å². The lowest BCUT2D eigenvalue weighted by molar-refractivity contribution is 0.103. The minimum absolute atomic E-state index is 0.160. The van der Waals surface area contributed by atoms with Gasteiger partial charge in [0.15, 0.2) is 0 Å². The molecule has 35 heavy (non-hydrogen) atoms. The number of hydrogen-bond acceptors (Lipinski definition) is 4. The molecule has 5 rings (SSSR count). The molecule has 0 bridgehead atoms. The largest absolute Gasteiger partial charge is 0.481 e. The maximum Gasteiger partial charge on any atom is 0.230 e. The fourth-order valence-electron chi connectivity index (χ4n) is 4.13. The van der Waals surface area contributed by atoms with Crippen LogP contribution in [0.4, 0.5) is 0 Å². The summed E-state index contributed by atoms with van der Waals surface area (Å²) in [6.45, 7) is 4.48. The molecular weight excluding hydrogens is 432 g/mol. The van der Waals surface area contributed by atoms with Gasteiger partial charge in [-0.3, -0.25) is 4.79 Å². The molecule has 0 aliphatic carbocycles. The first-order valence-electron chi connectivity index (χ1n) is 11.6. The van der Waals surface area contributed by atoms with Crippen LogP contribution in [-0.4, -0.2) is 22.4 Å². The average Bonchev–Trinajstić information content (AvgIpc) is 2.90. The van der Waals surface area contributed by atoms with Crippen molar-refractivity contribution in [3.8, 4) is 29.4 Å². The highest BCUT2D eigenvalue weighted by Gasteiger charge is 2.18. The van der Waals surface area contributed by atoms with Crippen LogP contribution in [-0.2, 0) is 0 Å². The maximum atomic E-state index is 13.5. The van der Waals surface area contributed by atoms with Gasteiger partial charge in [-0.1, -0.05) is 80.4 Å². The Hall–Kier alpha value is -4.49. The van der Waals surface area contributed by atoms with Crippen LogP contribution in [0.3, 0.4) is 0 Å². The van der Waals surface area contributed by atoms with Gasteiger partial charge in [0.05, 0.1) is 11.2 Å². The van der Waals surface area contributed by atoms with Crippen LogP contribution in [0, 0.1) is 12.3 Å². The van der Waals surface area contributed by atoms with Crippen molar-refractivity contribution >= 4 is 27.5 Å². The normalized spacial score (nSPS) is 11.0. The zero-order chi connectivity index (χ0) is 24.4. The third kappa shape index (κ3) is 4.49. The summed E-state index contributed by atoms with van der Waals surface area (Å²) in [5.41, 5.74) is 4.04. The number of carbonyl (C=O) groups excluding carboxylic acids is 1. The Morgan fingerprint density at radius 2 is 1.69 bits per heavy atom. The summed E-state index contributed by atoms with van der Waals surface area (Å²) in [7, 11) is 0. The van der Waals surface area contributed by atoms with Crippen molar-refractivity contribution in [2.24, 2.45) is 0 Å². The Kier molecular flexibility index (Phi) is 5.99. The van der Waals surface area contributed by atoms with Crippen molar-refractivity contribution in [2.45, 2.75) is 19.8 Å². The van der Waals surface area contributed by atoms with E-state index in [1.807, 2.05) is 72.8 Å². The Morgan fingerprint density at radius 1 is 0.914 bits per heavy atom. The molecule has 0 amide bonds.